The number of amides is 1. The molecule has 0 bridgehead atoms. The van der Waals surface area contributed by atoms with Crippen molar-refractivity contribution in [2.24, 2.45) is 0 Å². The van der Waals surface area contributed by atoms with E-state index in [1.165, 1.54) is 18.3 Å². The molecule has 0 unspecified atom stereocenters. The first-order valence-corrected chi connectivity index (χ1v) is 8.51. The molecule has 0 saturated carbocycles. The van der Waals surface area contributed by atoms with E-state index < -0.39 is 23.6 Å². The van der Waals surface area contributed by atoms with Gasteiger partial charge in [0.25, 0.3) is 0 Å². The van der Waals surface area contributed by atoms with Crippen molar-refractivity contribution < 1.29 is 31.8 Å². The highest BCUT2D eigenvalue weighted by molar-refractivity contribution is 7.19. The first-order valence-electron chi connectivity index (χ1n) is 7.69. The number of aromatic nitrogens is 2. The van der Waals surface area contributed by atoms with Crippen LogP contribution in [0.25, 0.3) is 10.4 Å². The smallest absolute Gasteiger partial charge is 0.395 e. The second-order valence-electron chi connectivity index (χ2n) is 5.72. The van der Waals surface area contributed by atoms with Gasteiger partial charge in [0.1, 0.15) is 5.69 Å². The van der Waals surface area contributed by atoms with Crippen molar-refractivity contribution in [3.8, 4) is 21.9 Å². The van der Waals surface area contributed by atoms with E-state index in [1.54, 1.807) is 6.92 Å². The highest BCUT2D eigenvalue weighted by atomic mass is 32.1. The van der Waals surface area contributed by atoms with Crippen molar-refractivity contribution in [3.63, 3.8) is 0 Å². The lowest BCUT2D eigenvalue weighted by atomic mass is 10.1. The van der Waals surface area contributed by atoms with Crippen molar-refractivity contribution in [1.82, 2.24) is 9.97 Å². The van der Waals surface area contributed by atoms with Crippen LogP contribution >= 0.6 is 11.3 Å². The van der Waals surface area contributed by atoms with Crippen LogP contribution in [0.3, 0.4) is 0 Å². The van der Waals surface area contributed by atoms with Gasteiger partial charge in [0.15, 0.2) is 28.3 Å². The third-order valence-corrected chi connectivity index (χ3v) is 4.92. The van der Waals surface area contributed by atoms with Crippen molar-refractivity contribution in [2.75, 3.05) is 4.90 Å². The van der Waals surface area contributed by atoms with Crippen LogP contribution in [0.15, 0.2) is 30.7 Å². The third kappa shape index (κ3) is 3.03. The fourth-order valence-corrected chi connectivity index (χ4v) is 3.66. The SMILES string of the molecule is Cc1cc2c(cc1-c1cnc(N(C=O)c3c(F)cncc3F)s1)OC(F)(F)O2. The van der Waals surface area contributed by atoms with Crippen LogP contribution in [0, 0.1) is 18.6 Å². The Morgan fingerprint density at radius 3 is 2.39 bits per heavy atom. The molecule has 0 atom stereocenters. The lowest BCUT2D eigenvalue weighted by molar-refractivity contribution is -0.286. The maximum Gasteiger partial charge on any atom is 0.586 e. The van der Waals surface area contributed by atoms with Crippen molar-refractivity contribution in [3.05, 3.63) is 47.9 Å². The Bertz CT molecular complexity index is 1070. The van der Waals surface area contributed by atoms with E-state index in [0.29, 0.717) is 20.9 Å². The summed E-state index contributed by atoms with van der Waals surface area (Å²) in [5, 5.41) is -0.0172. The lowest BCUT2D eigenvalue weighted by Crippen LogP contribution is -2.25. The summed E-state index contributed by atoms with van der Waals surface area (Å²) in [5.74, 6) is -2.33. The molecular formula is C17H9F4N3O3S. The van der Waals surface area contributed by atoms with E-state index >= 15 is 0 Å². The number of hydrogen-bond donors (Lipinski definition) is 0. The van der Waals surface area contributed by atoms with Crippen LogP contribution in [-0.4, -0.2) is 22.7 Å². The van der Waals surface area contributed by atoms with Crippen molar-refractivity contribution in [1.29, 1.82) is 0 Å². The molecule has 0 spiro atoms. The number of thiazole rings is 1. The molecule has 28 heavy (non-hydrogen) atoms. The van der Waals surface area contributed by atoms with Crippen molar-refractivity contribution in [2.45, 2.75) is 13.2 Å². The molecular weight excluding hydrogens is 402 g/mol. The van der Waals surface area contributed by atoms with Gasteiger partial charge in [-0.2, -0.15) is 0 Å². The maximum atomic E-state index is 14.0. The number of hydrogen-bond acceptors (Lipinski definition) is 6. The number of halogens is 4. The van der Waals surface area contributed by atoms with Crippen LogP contribution < -0.4 is 14.4 Å². The van der Waals surface area contributed by atoms with Gasteiger partial charge in [0.2, 0.25) is 6.41 Å². The zero-order chi connectivity index (χ0) is 20.1. The summed E-state index contributed by atoms with van der Waals surface area (Å²) in [6.45, 7) is 1.66. The van der Waals surface area contributed by atoms with Gasteiger partial charge in [-0.05, 0) is 24.6 Å². The first-order chi connectivity index (χ1) is 13.3. The second kappa shape index (κ2) is 6.44. The number of pyridine rings is 1. The molecule has 4 rings (SSSR count). The molecule has 2 aromatic heterocycles. The second-order valence-corrected chi connectivity index (χ2v) is 6.72. The van der Waals surface area contributed by atoms with Gasteiger partial charge in [-0.25, -0.2) is 13.8 Å². The summed E-state index contributed by atoms with van der Waals surface area (Å²) in [7, 11) is 0. The summed E-state index contributed by atoms with van der Waals surface area (Å²) < 4.78 is 63.3. The number of carbonyl (C=O) groups is 1. The van der Waals surface area contributed by atoms with E-state index in [2.05, 4.69) is 19.4 Å². The molecule has 0 saturated heterocycles. The Labute approximate surface area is 159 Å². The highest BCUT2D eigenvalue weighted by Gasteiger charge is 2.43. The van der Waals surface area contributed by atoms with Crippen LogP contribution in [-0.2, 0) is 4.79 Å². The molecule has 1 amide bonds. The zero-order valence-corrected chi connectivity index (χ0v) is 14.8. The number of carbonyl (C=O) groups excluding carboxylic acids is 1. The normalized spacial score (nSPS) is 14.2. The Morgan fingerprint density at radius 1 is 1.11 bits per heavy atom. The maximum absolute atomic E-state index is 14.0. The fraction of sp³-hybridized carbons (Fsp3) is 0.118. The van der Waals surface area contributed by atoms with Gasteiger partial charge in [-0.1, -0.05) is 11.3 Å². The molecule has 3 heterocycles. The number of nitrogens with zero attached hydrogens (tertiary/aromatic N) is 3. The minimum Gasteiger partial charge on any atom is -0.395 e. The van der Waals surface area contributed by atoms with Crippen LogP contribution in [0.1, 0.15) is 5.56 Å². The van der Waals surface area contributed by atoms with Gasteiger partial charge >= 0.3 is 6.29 Å². The number of aryl methyl sites for hydroxylation is 1. The third-order valence-electron chi connectivity index (χ3n) is 3.89. The van der Waals surface area contributed by atoms with E-state index in [0.717, 1.165) is 23.7 Å². The van der Waals surface area contributed by atoms with Gasteiger partial charge in [0.05, 0.1) is 17.3 Å². The van der Waals surface area contributed by atoms with Gasteiger partial charge in [-0.3, -0.25) is 14.7 Å². The summed E-state index contributed by atoms with van der Waals surface area (Å²) in [6.07, 6.45) is -0.637. The Morgan fingerprint density at radius 2 is 1.75 bits per heavy atom. The molecule has 1 aliphatic heterocycles. The largest absolute Gasteiger partial charge is 0.586 e. The quantitative estimate of drug-likeness (QED) is 0.470. The fourth-order valence-electron chi connectivity index (χ4n) is 2.69. The Hall–Kier alpha value is -3.21. The molecule has 0 aliphatic carbocycles. The standard InChI is InChI=1S/C17H9F4N3O3S/c1-8-2-12-13(27-17(20,21)26-12)3-9(8)14-6-23-16(28-14)24(7-25)15-10(18)4-22-5-11(15)19/h2-7H,1H3. The summed E-state index contributed by atoms with van der Waals surface area (Å²) in [4.78, 5) is 20.0. The number of benzene rings is 1. The van der Waals surface area contributed by atoms with E-state index in [-0.39, 0.29) is 23.0 Å². The van der Waals surface area contributed by atoms with Crippen LogP contribution in [0.2, 0.25) is 0 Å². The van der Waals surface area contributed by atoms with E-state index in [1.807, 2.05) is 0 Å². The minimum absolute atomic E-state index is 0.0172. The first kappa shape index (κ1) is 18.2. The summed E-state index contributed by atoms with van der Waals surface area (Å²) in [6, 6.07) is 2.73. The molecule has 0 radical (unpaired) electrons. The van der Waals surface area contributed by atoms with Gasteiger partial charge in [0, 0.05) is 11.8 Å². The monoisotopic (exact) mass is 411 g/mol. The molecule has 1 aliphatic rings. The van der Waals surface area contributed by atoms with Crippen LogP contribution in [0.5, 0.6) is 11.5 Å². The number of rotatable bonds is 4. The number of anilines is 2. The number of fused-ring (bicyclic) bond motifs is 1. The lowest BCUT2D eigenvalue weighted by Gasteiger charge is -2.15. The summed E-state index contributed by atoms with van der Waals surface area (Å²) >= 11 is 0.936. The molecule has 0 N–H and O–H groups in total. The molecule has 1 aromatic carbocycles. The number of alkyl halides is 2. The molecule has 0 fully saturated rings. The Balaban J connectivity index is 1.73. The molecule has 144 valence electrons. The average Bonchev–Trinajstić information content (AvgIpc) is 3.20. The molecule has 6 nitrogen and oxygen atoms in total. The predicted molar refractivity (Wildman–Crippen MR) is 90.8 cm³/mol. The summed E-state index contributed by atoms with van der Waals surface area (Å²) in [5.41, 5.74) is 0.451. The molecule has 11 heteroatoms. The van der Waals surface area contributed by atoms with E-state index in [9.17, 15) is 22.4 Å². The Kier molecular flexibility index (Phi) is 4.18. The average molecular weight is 411 g/mol. The zero-order valence-electron chi connectivity index (χ0n) is 14.0. The van der Waals surface area contributed by atoms with Gasteiger partial charge < -0.3 is 9.47 Å². The van der Waals surface area contributed by atoms with E-state index in [4.69, 9.17) is 0 Å². The van der Waals surface area contributed by atoms with Crippen molar-refractivity contribution >= 4 is 28.6 Å². The topological polar surface area (TPSA) is 64.6 Å². The highest BCUT2D eigenvalue weighted by Crippen LogP contribution is 2.46. The molecule has 3 aromatic rings. The van der Waals surface area contributed by atoms with Gasteiger partial charge in [-0.15, -0.1) is 8.78 Å². The van der Waals surface area contributed by atoms with Crippen LogP contribution in [0.4, 0.5) is 28.4 Å². The minimum atomic E-state index is -3.75. The number of ether oxygens (including phenoxy) is 2. The predicted octanol–water partition coefficient (Wildman–Crippen LogP) is 4.41.